The number of nitrogens with zero attached hydrogens (tertiary/aromatic N) is 5. The molecule has 1 atom stereocenters. The van der Waals surface area contributed by atoms with Crippen molar-refractivity contribution in [2.24, 2.45) is 5.92 Å². The summed E-state index contributed by atoms with van der Waals surface area (Å²) in [5, 5.41) is 6.87. The molecule has 0 saturated carbocycles. The van der Waals surface area contributed by atoms with Crippen LogP contribution in [0, 0.1) is 11.7 Å². The maximum absolute atomic E-state index is 13.5. The number of carbonyl (C=O) groups is 2. The summed E-state index contributed by atoms with van der Waals surface area (Å²) in [4.78, 5) is 30.1. The van der Waals surface area contributed by atoms with E-state index >= 15 is 0 Å². The zero-order chi connectivity index (χ0) is 22.2. The highest BCUT2D eigenvalue weighted by Crippen LogP contribution is 2.29. The largest absolute Gasteiger partial charge is 0.435 e. The maximum atomic E-state index is 13.5. The Hall–Kier alpha value is -3.24. The number of carbonyl (C=O) groups excluding carboxylic acids is 2. The SMILES string of the molecule is O=C(C1CC(=O)N(c2cccc(F)c2)C1)N1CCN(c2ccc(C(F)(F)F)nn2)CC1. The molecule has 1 unspecified atom stereocenters. The fraction of sp³-hybridized carbons (Fsp3) is 0.400. The van der Waals surface area contributed by atoms with Crippen molar-refractivity contribution in [2.45, 2.75) is 12.6 Å². The van der Waals surface area contributed by atoms with E-state index < -0.39 is 23.6 Å². The average molecular weight is 437 g/mol. The van der Waals surface area contributed by atoms with Crippen LogP contribution in [0.5, 0.6) is 0 Å². The first-order valence-electron chi connectivity index (χ1n) is 9.73. The Morgan fingerprint density at radius 3 is 2.39 bits per heavy atom. The topological polar surface area (TPSA) is 69.6 Å². The normalized spacial score (nSPS) is 19.8. The number of piperazine rings is 1. The van der Waals surface area contributed by atoms with E-state index in [1.54, 1.807) is 15.9 Å². The van der Waals surface area contributed by atoms with Crippen molar-refractivity contribution in [3.8, 4) is 0 Å². The van der Waals surface area contributed by atoms with Crippen LogP contribution in [0.25, 0.3) is 0 Å². The maximum Gasteiger partial charge on any atom is 0.435 e. The molecule has 0 spiro atoms. The Kier molecular flexibility index (Phi) is 5.50. The summed E-state index contributed by atoms with van der Waals surface area (Å²) in [7, 11) is 0. The number of amides is 2. The molecule has 0 N–H and O–H groups in total. The number of hydrogen-bond donors (Lipinski definition) is 0. The third-order valence-electron chi connectivity index (χ3n) is 5.45. The minimum atomic E-state index is -4.55. The smallest absolute Gasteiger partial charge is 0.352 e. The lowest BCUT2D eigenvalue weighted by Crippen LogP contribution is -2.51. The summed E-state index contributed by atoms with van der Waals surface area (Å²) >= 11 is 0. The van der Waals surface area contributed by atoms with Gasteiger partial charge in [0.25, 0.3) is 0 Å². The summed E-state index contributed by atoms with van der Waals surface area (Å²) in [5.41, 5.74) is -0.634. The average Bonchev–Trinajstić information content (AvgIpc) is 3.14. The first kappa shape index (κ1) is 21.0. The molecule has 164 valence electrons. The van der Waals surface area contributed by atoms with Gasteiger partial charge in [0.15, 0.2) is 11.5 Å². The van der Waals surface area contributed by atoms with Crippen molar-refractivity contribution >= 4 is 23.3 Å². The minimum absolute atomic E-state index is 0.0555. The number of rotatable bonds is 3. The van der Waals surface area contributed by atoms with E-state index in [-0.39, 0.29) is 24.8 Å². The van der Waals surface area contributed by atoms with Crippen molar-refractivity contribution in [3.63, 3.8) is 0 Å². The highest BCUT2D eigenvalue weighted by Gasteiger charge is 2.38. The molecule has 0 radical (unpaired) electrons. The van der Waals surface area contributed by atoms with Crippen LogP contribution in [-0.4, -0.2) is 59.6 Å². The summed E-state index contributed by atoms with van der Waals surface area (Å²) in [5.74, 6) is -1.06. The van der Waals surface area contributed by atoms with Crippen molar-refractivity contribution in [1.29, 1.82) is 0 Å². The standard InChI is InChI=1S/C20H19F4N5O2/c21-14-2-1-3-15(11-14)29-12-13(10-18(29)30)19(31)28-8-6-27(7-9-28)17-5-4-16(25-26-17)20(22,23)24/h1-5,11,13H,6-10,12H2. The van der Waals surface area contributed by atoms with Crippen LogP contribution in [0.4, 0.5) is 29.1 Å². The van der Waals surface area contributed by atoms with Gasteiger partial charge in [-0.25, -0.2) is 4.39 Å². The minimum Gasteiger partial charge on any atom is -0.352 e. The number of aromatic nitrogens is 2. The van der Waals surface area contributed by atoms with E-state index in [9.17, 15) is 27.2 Å². The molecule has 2 fully saturated rings. The molecule has 2 aliphatic rings. The van der Waals surface area contributed by atoms with Gasteiger partial charge in [0.1, 0.15) is 5.82 Å². The number of hydrogen-bond acceptors (Lipinski definition) is 5. The van der Waals surface area contributed by atoms with Crippen molar-refractivity contribution < 1.29 is 27.2 Å². The lowest BCUT2D eigenvalue weighted by atomic mass is 10.1. The molecular formula is C20H19F4N5O2. The fourth-order valence-electron chi connectivity index (χ4n) is 3.83. The Balaban J connectivity index is 1.35. The lowest BCUT2D eigenvalue weighted by molar-refractivity contribution is -0.141. The third kappa shape index (κ3) is 4.44. The number of halogens is 4. The van der Waals surface area contributed by atoms with E-state index in [1.807, 2.05) is 0 Å². The van der Waals surface area contributed by atoms with E-state index in [1.165, 1.54) is 29.2 Å². The highest BCUT2D eigenvalue weighted by atomic mass is 19.4. The van der Waals surface area contributed by atoms with Gasteiger partial charge in [-0.3, -0.25) is 9.59 Å². The Bertz CT molecular complexity index is 974. The van der Waals surface area contributed by atoms with Crippen LogP contribution in [0.3, 0.4) is 0 Å². The van der Waals surface area contributed by atoms with Crippen molar-refractivity contribution in [1.82, 2.24) is 15.1 Å². The van der Waals surface area contributed by atoms with E-state index in [4.69, 9.17) is 0 Å². The number of alkyl halides is 3. The molecule has 2 aromatic rings. The zero-order valence-electron chi connectivity index (χ0n) is 16.3. The third-order valence-corrected chi connectivity index (χ3v) is 5.45. The predicted octanol–water partition coefficient (Wildman–Crippen LogP) is 2.34. The van der Waals surface area contributed by atoms with Crippen molar-refractivity contribution in [3.05, 3.63) is 47.9 Å². The zero-order valence-corrected chi connectivity index (χ0v) is 16.3. The molecule has 11 heteroatoms. The summed E-state index contributed by atoms with van der Waals surface area (Å²) in [6.45, 7) is 1.67. The van der Waals surface area contributed by atoms with Crippen LogP contribution < -0.4 is 9.80 Å². The predicted molar refractivity (Wildman–Crippen MR) is 103 cm³/mol. The van der Waals surface area contributed by atoms with Gasteiger partial charge in [0, 0.05) is 44.8 Å². The van der Waals surface area contributed by atoms with Crippen LogP contribution in [0.1, 0.15) is 12.1 Å². The Morgan fingerprint density at radius 2 is 1.77 bits per heavy atom. The fourth-order valence-corrected chi connectivity index (χ4v) is 3.83. The van der Waals surface area contributed by atoms with Gasteiger partial charge >= 0.3 is 6.18 Å². The molecule has 2 saturated heterocycles. The van der Waals surface area contributed by atoms with Crippen LogP contribution >= 0.6 is 0 Å². The summed E-state index contributed by atoms with van der Waals surface area (Å²) in [6, 6.07) is 7.82. The first-order valence-corrected chi connectivity index (χ1v) is 9.73. The van der Waals surface area contributed by atoms with Gasteiger partial charge in [-0.15, -0.1) is 10.2 Å². The van der Waals surface area contributed by atoms with Crippen LogP contribution in [0.2, 0.25) is 0 Å². The van der Waals surface area contributed by atoms with Crippen LogP contribution in [-0.2, 0) is 15.8 Å². The monoisotopic (exact) mass is 437 g/mol. The van der Waals surface area contributed by atoms with E-state index in [0.29, 0.717) is 37.7 Å². The Labute approximate surface area is 175 Å². The molecule has 1 aromatic heterocycles. The van der Waals surface area contributed by atoms with Gasteiger partial charge in [0.2, 0.25) is 11.8 Å². The second-order valence-electron chi connectivity index (χ2n) is 7.47. The van der Waals surface area contributed by atoms with Gasteiger partial charge in [-0.05, 0) is 30.3 Å². The Morgan fingerprint density at radius 1 is 1.03 bits per heavy atom. The molecule has 2 amide bonds. The second-order valence-corrected chi connectivity index (χ2v) is 7.47. The van der Waals surface area contributed by atoms with E-state index in [0.717, 1.165) is 6.07 Å². The number of benzene rings is 1. The van der Waals surface area contributed by atoms with Crippen LogP contribution in [0.15, 0.2) is 36.4 Å². The quantitative estimate of drug-likeness (QED) is 0.690. The molecule has 0 aliphatic carbocycles. The molecule has 7 nitrogen and oxygen atoms in total. The summed E-state index contributed by atoms with van der Waals surface area (Å²) in [6.07, 6.45) is -4.49. The molecular weight excluding hydrogens is 418 g/mol. The van der Waals surface area contributed by atoms with E-state index in [2.05, 4.69) is 10.2 Å². The highest BCUT2D eigenvalue weighted by molar-refractivity contribution is 6.00. The summed E-state index contributed by atoms with van der Waals surface area (Å²) < 4.78 is 51.3. The lowest BCUT2D eigenvalue weighted by Gasteiger charge is -2.36. The molecule has 2 aliphatic heterocycles. The van der Waals surface area contributed by atoms with Gasteiger partial charge < -0.3 is 14.7 Å². The molecule has 3 heterocycles. The molecule has 31 heavy (non-hydrogen) atoms. The van der Waals surface area contributed by atoms with Crippen molar-refractivity contribution in [2.75, 3.05) is 42.5 Å². The van der Waals surface area contributed by atoms with Gasteiger partial charge in [0.05, 0.1) is 5.92 Å². The molecule has 1 aromatic carbocycles. The molecule has 0 bridgehead atoms. The second kappa shape index (κ2) is 8.12. The van der Waals surface area contributed by atoms with Gasteiger partial charge in [-0.1, -0.05) is 6.07 Å². The molecule has 4 rings (SSSR count). The number of anilines is 2. The first-order chi connectivity index (χ1) is 14.7. The van der Waals surface area contributed by atoms with Gasteiger partial charge in [-0.2, -0.15) is 13.2 Å².